The summed E-state index contributed by atoms with van der Waals surface area (Å²) in [6.07, 6.45) is 3.23. The summed E-state index contributed by atoms with van der Waals surface area (Å²) in [5.41, 5.74) is 1.16. The van der Waals surface area contributed by atoms with Crippen molar-refractivity contribution in [3.63, 3.8) is 0 Å². The molecule has 2 rings (SSSR count). The van der Waals surface area contributed by atoms with Crippen molar-refractivity contribution < 1.29 is 13.9 Å². The average Bonchev–Trinajstić information content (AvgIpc) is 2.84. The molecule has 94 valence electrons. The van der Waals surface area contributed by atoms with E-state index in [2.05, 4.69) is 11.9 Å². The first-order valence-electron chi connectivity index (χ1n) is 5.79. The van der Waals surface area contributed by atoms with Crippen LogP contribution in [0.1, 0.15) is 17.3 Å². The molecule has 0 radical (unpaired) electrons. The Hall–Kier alpha value is -2.23. The van der Waals surface area contributed by atoms with E-state index in [1.165, 1.54) is 0 Å². The molecule has 0 fully saturated rings. The van der Waals surface area contributed by atoms with Gasteiger partial charge in [-0.1, -0.05) is 12.7 Å². The lowest BCUT2D eigenvalue weighted by molar-refractivity contribution is 0.0955. The predicted molar refractivity (Wildman–Crippen MR) is 69.9 cm³/mol. The first-order chi connectivity index (χ1) is 8.76. The van der Waals surface area contributed by atoms with Crippen LogP contribution in [-0.2, 0) is 0 Å². The van der Waals surface area contributed by atoms with Gasteiger partial charge >= 0.3 is 0 Å². The highest BCUT2D eigenvalue weighted by Gasteiger charge is 2.12. The van der Waals surface area contributed by atoms with Crippen LogP contribution in [0.4, 0.5) is 0 Å². The van der Waals surface area contributed by atoms with Gasteiger partial charge in [-0.2, -0.15) is 0 Å². The molecule has 1 N–H and O–H groups in total. The van der Waals surface area contributed by atoms with E-state index in [1.807, 2.05) is 13.0 Å². The highest BCUT2D eigenvalue weighted by molar-refractivity contribution is 5.99. The summed E-state index contributed by atoms with van der Waals surface area (Å²) in [5.74, 6) is 0.488. The number of furan rings is 1. The summed E-state index contributed by atoms with van der Waals surface area (Å²) in [4.78, 5) is 11.8. The van der Waals surface area contributed by atoms with Gasteiger partial charge in [-0.25, -0.2) is 0 Å². The summed E-state index contributed by atoms with van der Waals surface area (Å²) in [6, 6.07) is 5.24. The van der Waals surface area contributed by atoms with Crippen molar-refractivity contribution >= 4 is 16.9 Å². The van der Waals surface area contributed by atoms with Crippen LogP contribution in [0, 0.1) is 0 Å². The molecule has 18 heavy (non-hydrogen) atoms. The molecule has 1 amide bonds. The lowest BCUT2D eigenvalue weighted by atomic mass is 10.1. The van der Waals surface area contributed by atoms with E-state index in [-0.39, 0.29) is 5.91 Å². The molecule has 1 heterocycles. The maximum absolute atomic E-state index is 11.8. The Kier molecular flexibility index (Phi) is 3.67. The summed E-state index contributed by atoms with van der Waals surface area (Å²) >= 11 is 0. The number of carbonyl (C=O) groups is 1. The number of hydrogen-bond acceptors (Lipinski definition) is 3. The minimum absolute atomic E-state index is 0.140. The highest BCUT2D eigenvalue weighted by atomic mass is 16.5. The molecule has 0 aliphatic heterocycles. The predicted octanol–water partition coefficient (Wildman–Crippen LogP) is 2.75. The van der Waals surface area contributed by atoms with Crippen LogP contribution in [0.25, 0.3) is 11.0 Å². The van der Waals surface area contributed by atoms with Crippen molar-refractivity contribution in [3.05, 3.63) is 42.7 Å². The third-order valence-corrected chi connectivity index (χ3v) is 2.49. The van der Waals surface area contributed by atoms with Gasteiger partial charge in [0.15, 0.2) is 0 Å². The minimum Gasteiger partial charge on any atom is -0.489 e. The zero-order valence-electron chi connectivity index (χ0n) is 10.2. The van der Waals surface area contributed by atoms with E-state index in [0.717, 1.165) is 5.39 Å². The molecule has 4 heteroatoms. The van der Waals surface area contributed by atoms with Crippen molar-refractivity contribution in [2.45, 2.75) is 6.92 Å². The Morgan fingerprint density at radius 3 is 3.11 bits per heavy atom. The van der Waals surface area contributed by atoms with Crippen molar-refractivity contribution in [2.24, 2.45) is 0 Å². The molecular formula is C14H15NO3. The van der Waals surface area contributed by atoms with E-state index < -0.39 is 0 Å². The molecule has 2 aromatic rings. The number of carbonyl (C=O) groups excluding carboxylic acids is 1. The fourth-order valence-corrected chi connectivity index (χ4v) is 1.70. The van der Waals surface area contributed by atoms with Crippen molar-refractivity contribution in [3.8, 4) is 5.75 Å². The zero-order chi connectivity index (χ0) is 13.0. The van der Waals surface area contributed by atoms with Gasteiger partial charge in [0.1, 0.15) is 17.9 Å². The summed E-state index contributed by atoms with van der Waals surface area (Å²) < 4.78 is 10.9. The fourth-order valence-electron chi connectivity index (χ4n) is 1.70. The second-order valence-electron chi connectivity index (χ2n) is 3.77. The molecule has 1 aromatic heterocycles. The smallest absolute Gasteiger partial charge is 0.251 e. The Balaban J connectivity index is 2.42. The largest absolute Gasteiger partial charge is 0.489 e. The molecule has 4 nitrogen and oxygen atoms in total. The van der Waals surface area contributed by atoms with E-state index in [1.54, 1.807) is 24.5 Å². The van der Waals surface area contributed by atoms with Gasteiger partial charge in [-0.15, -0.1) is 0 Å². The third-order valence-electron chi connectivity index (χ3n) is 2.49. The first-order valence-corrected chi connectivity index (χ1v) is 5.79. The Labute approximate surface area is 105 Å². The molecule has 0 bridgehead atoms. The lowest BCUT2D eigenvalue weighted by Crippen LogP contribution is -2.22. The van der Waals surface area contributed by atoms with Crippen LogP contribution >= 0.6 is 0 Å². The van der Waals surface area contributed by atoms with Crippen molar-refractivity contribution in [1.29, 1.82) is 0 Å². The van der Waals surface area contributed by atoms with Crippen LogP contribution in [0.3, 0.4) is 0 Å². The van der Waals surface area contributed by atoms with Gasteiger partial charge in [-0.3, -0.25) is 4.79 Å². The number of hydrogen-bond donors (Lipinski definition) is 1. The lowest BCUT2D eigenvalue weighted by Gasteiger charge is -2.07. The zero-order valence-corrected chi connectivity index (χ0v) is 10.2. The standard InChI is InChI=1S/C14H15NO3/c1-3-6-17-12-8-10(14(16)15-4-2)9-13-11(12)5-7-18-13/h3,5,7-9H,1,4,6H2,2H3,(H,15,16). The number of nitrogens with one attached hydrogen (secondary N) is 1. The molecular weight excluding hydrogens is 230 g/mol. The average molecular weight is 245 g/mol. The fraction of sp³-hybridized carbons (Fsp3) is 0.214. The quantitative estimate of drug-likeness (QED) is 0.824. The number of rotatable bonds is 5. The number of amides is 1. The number of benzene rings is 1. The summed E-state index contributed by atoms with van der Waals surface area (Å²) in [5, 5.41) is 3.60. The normalized spacial score (nSPS) is 10.3. The van der Waals surface area contributed by atoms with Crippen molar-refractivity contribution in [2.75, 3.05) is 13.2 Å². The molecule has 0 unspecified atom stereocenters. The van der Waals surface area contributed by atoms with E-state index in [0.29, 0.717) is 30.0 Å². The van der Waals surface area contributed by atoms with Crippen LogP contribution in [0.15, 0.2) is 41.5 Å². The maximum Gasteiger partial charge on any atom is 0.251 e. The molecule has 0 atom stereocenters. The van der Waals surface area contributed by atoms with Gasteiger partial charge in [-0.05, 0) is 25.1 Å². The number of fused-ring (bicyclic) bond motifs is 1. The number of ether oxygens (including phenoxy) is 1. The Bertz CT molecular complexity index is 571. The maximum atomic E-state index is 11.8. The SMILES string of the molecule is C=CCOc1cc(C(=O)NCC)cc2occc12. The summed E-state index contributed by atoms with van der Waals surface area (Å²) in [7, 11) is 0. The Morgan fingerprint density at radius 1 is 1.56 bits per heavy atom. The second-order valence-corrected chi connectivity index (χ2v) is 3.77. The monoisotopic (exact) mass is 245 g/mol. The molecule has 0 aliphatic carbocycles. The van der Waals surface area contributed by atoms with Crippen LogP contribution < -0.4 is 10.1 Å². The van der Waals surface area contributed by atoms with Gasteiger partial charge in [0.25, 0.3) is 5.91 Å². The molecule has 0 saturated carbocycles. The van der Waals surface area contributed by atoms with Crippen LogP contribution in [-0.4, -0.2) is 19.1 Å². The van der Waals surface area contributed by atoms with Crippen LogP contribution in [0.2, 0.25) is 0 Å². The summed E-state index contributed by atoms with van der Waals surface area (Å²) in [6.45, 7) is 6.45. The Morgan fingerprint density at radius 2 is 2.39 bits per heavy atom. The van der Waals surface area contributed by atoms with E-state index in [4.69, 9.17) is 9.15 Å². The van der Waals surface area contributed by atoms with Crippen LogP contribution in [0.5, 0.6) is 5.75 Å². The van der Waals surface area contributed by atoms with E-state index in [9.17, 15) is 4.79 Å². The first kappa shape index (κ1) is 12.2. The van der Waals surface area contributed by atoms with Gasteiger partial charge in [0.2, 0.25) is 0 Å². The highest BCUT2D eigenvalue weighted by Crippen LogP contribution is 2.28. The van der Waals surface area contributed by atoms with Gasteiger partial charge in [0.05, 0.1) is 11.6 Å². The molecule has 0 saturated heterocycles. The third kappa shape index (κ3) is 2.37. The topological polar surface area (TPSA) is 51.5 Å². The minimum atomic E-state index is -0.140. The van der Waals surface area contributed by atoms with Gasteiger partial charge < -0.3 is 14.5 Å². The molecule has 1 aromatic carbocycles. The molecule has 0 spiro atoms. The van der Waals surface area contributed by atoms with E-state index >= 15 is 0 Å². The van der Waals surface area contributed by atoms with Gasteiger partial charge in [0, 0.05) is 12.1 Å². The molecule has 0 aliphatic rings. The second kappa shape index (κ2) is 5.40. The van der Waals surface area contributed by atoms with Crippen molar-refractivity contribution in [1.82, 2.24) is 5.32 Å².